The summed E-state index contributed by atoms with van der Waals surface area (Å²) < 4.78 is 0. The Bertz CT molecular complexity index is 1000. The Hall–Kier alpha value is -3.62. The number of fused-ring (bicyclic) bond motifs is 1. The number of nitrogens with one attached hydrogen (secondary N) is 4. The smallest absolute Gasteiger partial charge is 0.323 e. The van der Waals surface area contributed by atoms with Crippen molar-refractivity contribution in [2.45, 2.75) is 0 Å². The molecule has 1 heterocycles. The summed E-state index contributed by atoms with van der Waals surface area (Å²) in [5, 5.41) is 16.6. The molecule has 3 aromatic rings. The monoisotopic (exact) mass is 327 g/mol. The quantitative estimate of drug-likeness (QED) is 0.429. The Labute approximate surface area is 134 Å². The molecule has 0 atom stereocenters. The van der Waals surface area contributed by atoms with Crippen molar-refractivity contribution >= 4 is 34.0 Å². The van der Waals surface area contributed by atoms with E-state index in [1.54, 1.807) is 18.2 Å². The van der Waals surface area contributed by atoms with Crippen LogP contribution in [0.2, 0.25) is 0 Å². The Morgan fingerprint density at radius 3 is 2.58 bits per heavy atom. The number of imidazole rings is 1. The third-order valence-corrected chi connectivity index (χ3v) is 3.48. The minimum Gasteiger partial charge on any atom is -0.355 e. The second kappa shape index (κ2) is 5.88. The molecule has 2 aromatic carbocycles. The van der Waals surface area contributed by atoms with Gasteiger partial charge in [-0.1, -0.05) is 0 Å². The number of hydrogen-bond donors (Lipinski definition) is 4. The number of anilines is 2. The number of benzene rings is 2. The molecule has 0 aliphatic rings. The fourth-order valence-electron chi connectivity index (χ4n) is 2.34. The molecule has 3 rings (SSSR count). The fraction of sp³-hybridized carbons (Fsp3) is 0.0667. The van der Waals surface area contributed by atoms with Crippen molar-refractivity contribution in [1.29, 1.82) is 0 Å². The zero-order valence-corrected chi connectivity index (χ0v) is 12.5. The molecule has 9 nitrogen and oxygen atoms in total. The van der Waals surface area contributed by atoms with E-state index in [4.69, 9.17) is 0 Å². The second-order valence-electron chi connectivity index (χ2n) is 5.03. The average molecular weight is 327 g/mol. The van der Waals surface area contributed by atoms with E-state index in [2.05, 4.69) is 20.6 Å². The van der Waals surface area contributed by atoms with E-state index in [1.807, 2.05) is 0 Å². The fourth-order valence-corrected chi connectivity index (χ4v) is 2.34. The topological polar surface area (TPSA) is 133 Å². The molecule has 0 bridgehead atoms. The molecule has 1 aromatic heterocycles. The minimum atomic E-state index is -0.564. The molecule has 0 saturated carbocycles. The summed E-state index contributed by atoms with van der Waals surface area (Å²) in [5.74, 6) is -0.407. The van der Waals surface area contributed by atoms with Crippen LogP contribution in [0.3, 0.4) is 0 Å². The van der Waals surface area contributed by atoms with Crippen LogP contribution in [-0.2, 0) is 0 Å². The highest BCUT2D eigenvalue weighted by Gasteiger charge is 2.17. The lowest BCUT2D eigenvalue weighted by molar-refractivity contribution is -0.383. The number of amides is 1. The van der Waals surface area contributed by atoms with Gasteiger partial charge in [0.15, 0.2) is 0 Å². The number of nitro groups is 1. The largest absolute Gasteiger partial charge is 0.355 e. The maximum atomic E-state index is 11.6. The maximum absolute atomic E-state index is 11.6. The van der Waals surface area contributed by atoms with Gasteiger partial charge in [0.2, 0.25) is 0 Å². The molecule has 1 amide bonds. The molecular weight excluding hydrogens is 314 g/mol. The van der Waals surface area contributed by atoms with E-state index in [0.717, 1.165) is 0 Å². The highest BCUT2D eigenvalue weighted by atomic mass is 16.6. The molecule has 0 fully saturated rings. The van der Waals surface area contributed by atoms with Crippen LogP contribution in [-0.4, -0.2) is 27.8 Å². The average Bonchev–Trinajstić information content (AvgIpc) is 2.93. The molecule has 0 aliphatic heterocycles. The van der Waals surface area contributed by atoms with Gasteiger partial charge in [-0.25, -0.2) is 4.79 Å². The molecule has 0 unspecified atom stereocenters. The maximum Gasteiger partial charge on any atom is 0.323 e. The van der Waals surface area contributed by atoms with Crippen LogP contribution in [0.1, 0.15) is 10.4 Å². The van der Waals surface area contributed by atoms with Crippen molar-refractivity contribution in [1.82, 2.24) is 15.3 Å². The number of H-pyrrole nitrogens is 2. The van der Waals surface area contributed by atoms with Crippen LogP contribution in [0.5, 0.6) is 0 Å². The van der Waals surface area contributed by atoms with E-state index in [-0.39, 0.29) is 22.6 Å². The lowest BCUT2D eigenvalue weighted by Gasteiger charge is -2.08. The van der Waals surface area contributed by atoms with Gasteiger partial charge in [-0.05, 0) is 30.3 Å². The van der Waals surface area contributed by atoms with Gasteiger partial charge in [-0.3, -0.25) is 14.9 Å². The van der Waals surface area contributed by atoms with Gasteiger partial charge < -0.3 is 20.6 Å². The number of hydrogen-bond acceptors (Lipinski definition) is 5. The zero-order chi connectivity index (χ0) is 17.3. The lowest BCUT2D eigenvalue weighted by Crippen LogP contribution is -2.17. The number of rotatable bonds is 4. The van der Waals surface area contributed by atoms with Gasteiger partial charge in [0.25, 0.3) is 11.6 Å². The van der Waals surface area contributed by atoms with Crippen molar-refractivity contribution in [3.63, 3.8) is 0 Å². The third kappa shape index (κ3) is 2.82. The van der Waals surface area contributed by atoms with Crippen molar-refractivity contribution in [2.75, 3.05) is 12.4 Å². The van der Waals surface area contributed by atoms with Crippen LogP contribution in [0.25, 0.3) is 11.0 Å². The first-order valence-electron chi connectivity index (χ1n) is 6.97. The highest BCUT2D eigenvalue weighted by Crippen LogP contribution is 2.29. The van der Waals surface area contributed by atoms with Gasteiger partial charge in [-0.2, -0.15) is 0 Å². The van der Waals surface area contributed by atoms with Gasteiger partial charge >= 0.3 is 5.69 Å². The van der Waals surface area contributed by atoms with E-state index in [0.29, 0.717) is 16.7 Å². The predicted molar refractivity (Wildman–Crippen MR) is 88.7 cm³/mol. The first-order valence-corrected chi connectivity index (χ1v) is 6.97. The molecule has 0 radical (unpaired) electrons. The summed E-state index contributed by atoms with van der Waals surface area (Å²) in [5.41, 5.74) is 1.66. The lowest BCUT2D eigenvalue weighted by atomic mass is 10.1. The molecule has 0 saturated heterocycles. The standard InChI is InChI=1S/C15H13N5O4/c1-16-14(21)8-2-4-11(13(6-8)20(23)24)17-9-3-5-10-12(7-9)19-15(22)18-10/h2-7,17H,1H3,(H,16,21)(H2,18,19,22). The van der Waals surface area contributed by atoms with Crippen molar-refractivity contribution in [3.05, 3.63) is 62.6 Å². The molecule has 0 spiro atoms. The zero-order valence-electron chi connectivity index (χ0n) is 12.5. The summed E-state index contributed by atoms with van der Waals surface area (Å²) in [6.45, 7) is 0. The number of nitro benzene ring substituents is 1. The number of aromatic nitrogens is 2. The van der Waals surface area contributed by atoms with Crippen molar-refractivity contribution in [3.8, 4) is 0 Å². The Morgan fingerprint density at radius 1 is 1.12 bits per heavy atom. The number of carbonyl (C=O) groups is 1. The number of aromatic amines is 2. The van der Waals surface area contributed by atoms with Gasteiger partial charge in [-0.15, -0.1) is 0 Å². The molecular formula is C15H13N5O4. The predicted octanol–water partition coefficient (Wildman–Crippen LogP) is 1.87. The molecule has 4 N–H and O–H groups in total. The van der Waals surface area contributed by atoms with Crippen LogP contribution < -0.4 is 16.3 Å². The Morgan fingerprint density at radius 2 is 1.88 bits per heavy atom. The Balaban J connectivity index is 1.99. The highest BCUT2D eigenvalue weighted by molar-refractivity contribution is 5.95. The van der Waals surface area contributed by atoms with E-state index in [1.165, 1.54) is 25.2 Å². The van der Waals surface area contributed by atoms with Crippen molar-refractivity contribution in [2.24, 2.45) is 0 Å². The van der Waals surface area contributed by atoms with Gasteiger partial charge in [0.05, 0.1) is 16.0 Å². The molecule has 122 valence electrons. The first kappa shape index (κ1) is 15.3. The van der Waals surface area contributed by atoms with Crippen molar-refractivity contribution < 1.29 is 9.72 Å². The summed E-state index contributed by atoms with van der Waals surface area (Å²) >= 11 is 0. The van der Waals surface area contributed by atoms with E-state index in [9.17, 15) is 19.7 Å². The normalized spacial score (nSPS) is 10.5. The molecule has 9 heteroatoms. The SMILES string of the molecule is CNC(=O)c1ccc(Nc2ccc3[nH]c(=O)[nH]c3c2)c([N+](=O)[O-])c1. The van der Waals surface area contributed by atoms with Gasteiger partial charge in [0.1, 0.15) is 5.69 Å². The summed E-state index contributed by atoms with van der Waals surface area (Å²) in [7, 11) is 1.45. The second-order valence-corrected chi connectivity index (χ2v) is 5.03. The Kier molecular flexibility index (Phi) is 3.74. The summed E-state index contributed by atoms with van der Waals surface area (Å²) in [6, 6.07) is 9.18. The van der Waals surface area contributed by atoms with Crippen LogP contribution in [0.15, 0.2) is 41.2 Å². The minimum absolute atomic E-state index is 0.195. The number of carbonyl (C=O) groups excluding carboxylic acids is 1. The first-order chi connectivity index (χ1) is 11.5. The molecule has 24 heavy (non-hydrogen) atoms. The summed E-state index contributed by atoms with van der Waals surface area (Å²) in [4.78, 5) is 38.8. The van der Waals surface area contributed by atoms with Gasteiger partial charge in [0, 0.05) is 24.4 Å². The number of nitrogens with zero attached hydrogens (tertiary/aromatic N) is 1. The third-order valence-electron chi connectivity index (χ3n) is 3.48. The summed E-state index contributed by atoms with van der Waals surface area (Å²) in [6.07, 6.45) is 0. The van der Waals surface area contributed by atoms with Crippen LogP contribution >= 0.6 is 0 Å². The van der Waals surface area contributed by atoms with Crippen LogP contribution in [0, 0.1) is 10.1 Å². The van der Waals surface area contributed by atoms with E-state index >= 15 is 0 Å². The molecule has 0 aliphatic carbocycles. The van der Waals surface area contributed by atoms with Crippen LogP contribution in [0.4, 0.5) is 17.1 Å². The van der Waals surface area contributed by atoms with E-state index < -0.39 is 10.8 Å².